The molecule has 2 heterocycles. The van der Waals surface area contributed by atoms with E-state index in [1.165, 1.54) is 0 Å². The van der Waals surface area contributed by atoms with Crippen molar-refractivity contribution in [3.8, 4) is 5.75 Å². The van der Waals surface area contributed by atoms with Gasteiger partial charge in [-0.05, 0) is 37.3 Å². The molecule has 6 nitrogen and oxygen atoms in total. The predicted molar refractivity (Wildman–Crippen MR) is 101 cm³/mol. The number of aromatic nitrogens is 4. The molecule has 0 aliphatic heterocycles. The highest BCUT2D eigenvalue weighted by Crippen LogP contribution is 2.25. The molecule has 0 bridgehead atoms. The number of halogens is 2. The fourth-order valence-electron chi connectivity index (χ4n) is 2.95. The molecule has 4 aromatic rings. The smallest absolute Gasteiger partial charge is 0.262 e. The minimum absolute atomic E-state index is 0.0860. The lowest BCUT2D eigenvalue weighted by Gasteiger charge is -2.10. The molecule has 0 aliphatic carbocycles. The quantitative estimate of drug-likeness (QED) is 0.530. The molecule has 0 amide bonds. The molecule has 4 rings (SSSR count). The van der Waals surface area contributed by atoms with Crippen LogP contribution in [0, 0.1) is 0 Å². The monoisotopic (exact) mass is 388 g/mol. The van der Waals surface area contributed by atoms with Crippen LogP contribution in [0.4, 0.5) is 0 Å². The van der Waals surface area contributed by atoms with Gasteiger partial charge in [-0.25, -0.2) is 0 Å². The summed E-state index contributed by atoms with van der Waals surface area (Å²) in [4.78, 5) is 12.7. The minimum Gasteiger partial charge on any atom is -0.485 e. The zero-order valence-corrected chi connectivity index (χ0v) is 15.3. The van der Waals surface area contributed by atoms with E-state index in [-0.39, 0.29) is 12.2 Å². The third kappa shape index (κ3) is 2.81. The SMILES string of the molecule is CCn1c(=O)c2ccccc2n2c(COc3cc(Cl)cc(Cl)c3)nnc12. The van der Waals surface area contributed by atoms with Crippen LogP contribution in [0.15, 0.2) is 47.3 Å². The molecule has 0 spiro atoms. The van der Waals surface area contributed by atoms with Crippen molar-refractivity contribution in [2.45, 2.75) is 20.1 Å². The summed E-state index contributed by atoms with van der Waals surface area (Å²) in [6.45, 7) is 2.55. The summed E-state index contributed by atoms with van der Waals surface area (Å²) in [5.74, 6) is 1.60. The largest absolute Gasteiger partial charge is 0.485 e. The molecule has 0 aliphatic rings. The summed E-state index contributed by atoms with van der Waals surface area (Å²) in [6, 6.07) is 12.4. The van der Waals surface area contributed by atoms with E-state index in [1.807, 2.05) is 29.5 Å². The van der Waals surface area contributed by atoms with Crippen LogP contribution in [0.2, 0.25) is 10.0 Å². The van der Waals surface area contributed by atoms with Gasteiger partial charge in [0.15, 0.2) is 5.82 Å². The highest BCUT2D eigenvalue weighted by molar-refractivity contribution is 6.34. The molecule has 8 heteroatoms. The van der Waals surface area contributed by atoms with Gasteiger partial charge in [-0.15, -0.1) is 10.2 Å². The van der Waals surface area contributed by atoms with Crippen LogP contribution in [-0.2, 0) is 13.2 Å². The van der Waals surface area contributed by atoms with Gasteiger partial charge >= 0.3 is 0 Å². The highest BCUT2D eigenvalue weighted by Gasteiger charge is 2.16. The molecule has 0 saturated heterocycles. The summed E-state index contributed by atoms with van der Waals surface area (Å²) < 4.78 is 9.23. The fourth-order valence-corrected chi connectivity index (χ4v) is 3.46. The number of fused-ring (bicyclic) bond motifs is 3. The number of benzene rings is 2. The van der Waals surface area contributed by atoms with E-state index >= 15 is 0 Å². The van der Waals surface area contributed by atoms with Gasteiger partial charge in [0.1, 0.15) is 12.4 Å². The first-order valence-electron chi connectivity index (χ1n) is 8.03. The maximum absolute atomic E-state index is 12.7. The van der Waals surface area contributed by atoms with Crippen molar-refractivity contribution in [3.63, 3.8) is 0 Å². The van der Waals surface area contributed by atoms with Crippen LogP contribution in [-0.4, -0.2) is 19.2 Å². The summed E-state index contributed by atoms with van der Waals surface area (Å²) in [7, 11) is 0. The molecule has 2 aromatic heterocycles. The number of hydrogen-bond donors (Lipinski definition) is 0. The maximum atomic E-state index is 12.7. The molecule has 0 saturated carbocycles. The van der Waals surface area contributed by atoms with Crippen LogP contribution in [0.5, 0.6) is 5.75 Å². The molecular weight excluding hydrogens is 375 g/mol. The van der Waals surface area contributed by atoms with Crippen LogP contribution in [0.25, 0.3) is 16.7 Å². The number of para-hydroxylation sites is 1. The number of ether oxygens (including phenoxy) is 1. The molecule has 0 unspecified atom stereocenters. The Balaban J connectivity index is 1.83. The van der Waals surface area contributed by atoms with E-state index in [0.29, 0.717) is 39.3 Å². The first-order valence-corrected chi connectivity index (χ1v) is 8.78. The molecular formula is C18H14Cl2N4O2. The third-order valence-electron chi connectivity index (χ3n) is 4.10. The first kappa shape index (κ1) is 16.9. The predicted octanol–water partition coefficient (Wildman–Crippen LogP) is 3.95. The summed E-state index contributed by atoms with van der Waals surface area (Å²) in [6.07, 6.45) is 0. The molecule has 2 aromatic carbocycles. The second-order valence-electron chi connectivity index (χ2n) is 5.71. The Morgan fingerprint density at radius 1 is 1.08 bits per heavy atom. The molecule has 0 N–H and O–H groups in total. The van der Waals surface area contributed by atoms with Crippen molar-refractivity contribution in [1.29, 1.82) is 0 Å². The summed E-state index contributed by atoms with van der Waals surface area (Å²) in [5, 5.41) is 9.99. The molecule has 26 heavy (non-hydrogen) atoms. The molecule has 132 valence electrons. The lowest BCUT2D eigenvalue weighted by Crippen LogP contribution is -2.22. The fraction of sp³-hybridized carbons (Fsp3) is 0.167. The molecule has 0 radical (unpaired) electrons. The minimum atomic E-state index is -0.0860. The Hall–Kier alpha value is -2.57. The summed E-state index contributed by atoms with van der Waals surface area (Å²) >= 11 is 12.0. The van der Waals surface area contributed by atoms with E-state index in [2.05, 4.69) is 10.2 Å². The van der Waals surface area contributed by atoms with E-state index in [0.717, 1.165) is 5.52 Å². The van der Waals surface area contributed by atoms with Gasteiger partial charge in [-0.2, -0.15) is 0 Å². The average molecular weight is 389 g/mol. The number of aryl methyl sites for hydroxylation is 1. The van der Waals surface area contributed by atoms with Gasteiger partial charge < -0.3 is 4.74 Å². The topological polar surface area (TPSA) is 61.4 Å². The van der Waals surface area contributed by atoms with Gasteiger partial charge in [0.25, 0.3) is 5.56 Å². The van der Waals surface area contributed by atoms with Crippen LogP contribution >= 0.6 is 23.2 Å². The maximum Gasteiger partial charge on any atom is 0.262 e. The highest BCUT2D eigenvalue weighted by atomic mass is 35.5. The second-order valence-corrected chi connectivity index (χ2v) is 6.58. The van der Waals surface area contributed by atoms with Crippen molar-refractivity contribution in [3.05, 3.63) is 68.7 Å². The lowest BCUT2D eigenvalue weighted by molar-refractivity contribution is 0.295. The lowest BCUT2D eigenvalue weighted by atomic mass is 10.2. The van der Waals surface area contributed by atoms with Gasteiger partial charge in [-0.3, -0.25) is 13.8 Å². The van der Waals surface area contributed by atoms with Gasteiger partial charge in [0.2, 0.25) is 5.78 Å². The Kier molecular flexibility index (Phi) is 4.30. The van der Waals surface area contributed by atoms with Crippen LogP contribution in [0.3, 0.4) is 0 Å². The third-order valence-corrected chi connectivity index (χ3v) is 4.53. The van der Waals surface area contributed by atoms with Crippen molar-refractivity contribution in [2.75, 3.05) is 0 Å². The number of nitrogens with zero attached hydrogens (tertiary/aromatic N) is 4. The van der Waals surface area contributed by atoms with Crippen LogP contribution < -0.4 is 10.3 Å². The molecule has 0 atom stereocenters. The zero-order valence-electron chi connectivity index (χ0n) is 13.8. The zero-order chi connectivity index (χ0) is 18.3. The van der Waals surface area contributed by atoms with Gasteiger partial charge in [0, 0.05) is 16.6 Å². The Morgan fingerprint density at radius 3 is 2.54 bits per heavy atom. The van der Waals surface area contributed by atoms with E-state index in [9.17, 15) is 4.79 Å². The van der Waals surface area contributed by atoms with Crippen molar-refractivity contribution >= 4 is 39.9 Å². The first-order chi connectivity index (χ1) is 12.6. The normalized spacial score (nSPS) is 11.3. The van der Waals surface area contributed by atoms with E-state index < -0.39 is 0 Å². The van der Waals surface area contributed by atoms with Crippen molar-refractivity contribution in [2.24, 2.45) is 0 Å². The number of rotatable bonds is 4. The Labute approximate surface area is 158 Å². The standard InChI is InChI=1S/C18H14Cl2N4O2/c1-2-23-17(25)14-5-3-4-6-15(14)24-16(21-22-18(23)24)10-26-13-8-11(19)7-12(20)9-13/h3-9H,2,10H2,1H3. The van der Waals surface area contributed by atoms with E-state index in [4.69, 9.17) is 27.9 Å². The number of hydrogen-bond acceptors (Lipinski definition) is 4. The van der Waals surface area contributed by atoms with Crippen molar-refractivity contribution < 1.29 is 4.74 Å². The van der Waals surface area contributed by atoms with E-state index in [1.54, 1.807) is 28.8 Å². The van der Waals surface area contributed by atoms with Gasteiger partial charge in [0.05, 0.1) is 10.9 Å². The summed E-state index contributed by atoms with van der Waals surface area (Å²) in [5.41, 5.74) is 0.655. The Bertz CT molecular complexity index is 1160. The molecule has 0 fully saturated rings. The second kappa shape index (κ2) is 6.63. The van der Waals surface area contributed by atoms with Crippen molar-refractivity contribution in [1.82, 2.24) is 19.2 Å². The van der Waals surface area contributed by atoms with Gasteiger partial charge in [-0.1, -0.05) is 35.3 Å². The van der Waals surface area contributed by atoms with Crippen LogP contribution in [0.1, 0.15) is 12.7 Å². The Morgan fingerprint density at radius 2 is 1.81 bits per heavy atom. The average Bonchev–Trinajstić information content (AvgIpc) is 3.04.